The molecule has 0 aromatic rings. The first kappa shape index (κ1) is 14.8. The van der Waals surface area contributed by atoms with Crippen LogP contribution < -0.4 is 5.32 Å². The molecule has 1 fully saturated rings. The molecule has 0 amide bonds. The highest BCUT2D eigenvalue weighted by molar-refractivity contribution is 5.99. The van der Waals surface area contributed by atoms with Crippen molar-refractivity contribution in [3.8, 4) is 0 Å². The summed E-state index contributed by atoms with van der Waals surface area (Å²) in [6, 6.07) is -0.459. The Hall–Kier alpha value is -1.23. The van der Waals surface area contributed by atoms with E-state index in [1.807, 2.05) is 20.8 Å². The molecular formula is C13H21NO4. The molecule has 0 aromatic carbocycles. The van der Waals surface area contributed by atoms with Gasteiger partial charge >= 0.3 is 5.97 Å². The van der Waals surface area contributed by atoms with Crippen LogP contribution >= 0.6 is 0 Å². The summed E-state index contributed by atoms with van der Waals surface area (Å²) < 4.78 is 5.14. The fourth-order valence-corrected chi connectivity index (χ4v) is 2.02. The van der Waals surface area contributed by atoms with E-state index in [1.54, 1.807) is 0 Å². The summed E-state index contributed by atoms with van der Waals surface area (Å²) >= 11 is 0. The van der Waals surface area contributed by atoms with Crippen LogP contribution in [-0.4, -0.2) is 36.2 Å². The Balaban J connectivity index is 2.79. The van der Waals surface area contributed by atoms with Gasteiger partial charge in [-0.15, -0.1) is 0 Å². The topological polar surface area (TPSA) is 72.5 Å². The normalized spacial score (nSPS) is 27.2. The molecule has 18 heavy (non-hydrogen) atoms. The number of carbonyl (C=O) groups is 3. The van der Waals surface area contributed by atoms with Crippen LogP contribution in [-0.2, 0) is 19.1 Å². The van der Waals surface area contributed by atoms with Gasteiger partial charge in [0, 0.05) is 6.42 Å². The van der Waals surface area contributed by atoms with Crippen molar-refractivity contribution in [1.29, 1.82) is 0 Å². The number of nitrogens with one attached hydrogen (secondary N) is 1. The minimum Gasteiger partial charge on any atom is -0.462 e. The lowest BCUT2D eigenvalue weighted by molar-refractivity contribution is -0.152. The Morgan fingerprint density at radius 1 is 1.33 bits per heavy atom. The molecule has 0 aliphatic carbocycles. The minimum atomic E-state index is -0.533. The highest BCUT2D eigenvalue weighted by Crippen LogP contribution is 2.11. The first-order chi connectivity index (χ1) is 8.43. The highest BCUT2D eigenvalue weighted by atomic mass is 16.5. The number of ether oxygens (including phenoxy) is 1. The van der Waals surface area contributed by atoms with Gasteiger partial charge in [-0.2, -0.15) is 0 Å². The average Bonchev–Trinajstić information content (AvgIpc) is 2.26. The summed E-state index contributed by atoms with van der Waals surface area (Å²) in [6.45, 7) is 5.77. The van der Waals surface area contributed by atoms with Crippen molar-refractivity contribution in [1.82, 2.24) is 5.32 Å². The standard InChI is InChI=1S/C13H21NO4/c1-4-10-5-9(15)7-14-13(8(2)3)11(16)6-12(17)18-10/h8,10,13-14H,4-7H2,1-3H3/t10-,13+/m1/s1. The molecule has 0 bridgehead atoms. The molecule has 0 spiro atoms. The van der Waals surface area contributed by atoms with Gasteiger partial charge in [0.1, 0.15) is 18.3 Å². The zero-order valence-corrected chi connectivity index (χ0v) is 11.2. The summed E-state index contributed by atoms with van der Waals surface area (Å²) in [5.74, 6) is -0.733. The summed E-state index contributed by atoms with van der Waals surface area (Å²) in [5.41, 5.74) is 0. The van der Waals surface area contributed by atoms with E-state index in [1.165, 1.54) is 0 Å². The van der Waals surface area contributed by atoms with Crippen molar-refractivity contribution in [3.63, 3.8) is 0 Å². The number of carbonyl (C=O) groups excluding carboxylic acids is 3. The van der Waals surface area contributed by atoms with Gasteiger partial charge in [0.15, 0.2) is 5.78 Å². The quantitative estimate of drug-likeness (QED) is 0.585. The van der Waals surface area contributed by atoms with Crippen LogP contribution in [0.1, 0.15) is 40.0 Å². The zero-order chi connectivity index (χ0) is 13.7. The van der Waals surface area contributed by atoms with Crippen molar-refractivity contribution in [2.24, 2.45) is 5.92 Å². The van der Waals surface area contributed by atoms with Crippen LogP contribution in [0.3, 0.4) is 0 Å². The number of hydrogen-bond donors (Lipinski definition) is 1. The predicted octanol–water partition coefficient (Wildman–Crippen LogP) is 0.854. The van der Waals surface area contributed by atoms with E-state index < -0.39 is 18.1 Å². The van der Waals surface area contributed by atoms with Crippen LogP contribution in [0.2, 0.25) is 0 Å². The number of cyclic esters (lactones) is 1. The molecule has 1 heterocycles. The summed E-state index contributed by atoms with van der Waals surface area (Å²) in [5, 5.41) is 2.95. The maximum atomic E-state index is 11.9. The van der Waals surface area contributed by atoms with Gasteiger partial charge in [0.25, 0.3) is 0 Å². The number of ketones is 2. The summed E-state index contributed by atoms with van der Waals surface area (Å²) in [6.07, 6.45) is 0.170. The average molecular weight is 255 g/mol. The smallest absolute Gasteiger partial charge is 0.313 e. The molecular weight excluding hydrogens is 234 g/mol. The lowest BCUT2D eigenvalue weighted by Crippen LogP contribution is -2.45. The van der Waals surface area contributed by atoms with Crippen molar-refractivity contribution in [2.75, 3.05) is 6.54 Å². The Morgan fingerprint density at radius 3 is 2.56 bits per heavy atom. The third kappa shape index (κ3) is 4.22. The molecule has 5 nitrogen and oxygen atoms in total. The van der Waals surface area contributed by atoms with Crippen molar-refractivity contribution < 1.29 is 19.1 Å². The van der Waals surface area contributed by atoms with E-state index in [0.29, 0.717) is 6.42 Å². The van der Waals surface area contributed by atoms with Crippen molar-refractivity contribution >= 4 is 17.5 Å². The molecule has 1 aliphatic heterocycles. The van der Waals surface area contributed by atoms with E-state index in [-0.39, 0.29) is 36.9 Å². The minimum absolute atomic E-state index is 0.0324. The lowest BCUT2D eigenvalue weighted by atomic mass is 9.97. The largest absolute Gasteiger partial charge is 0.462 e. The molecule has 1 rings (SSSR count). The van der Waals surface area contributed by atoms with Crippen LogP contribution in [0, 0.1) is 5.92 Å². The third-order valence-electron chi connectivity index (χ3n) is 3.06. The first-order valence-corrected chi connectivity index (χ1v) is 6.41. The van der Waals surface area contributed by atoms with Gasteiger partial charge < -0.3 is 10.1 Å². The summed E-state index contributed by atoms with van der Waals surface area (Å²) in [4.78, 5) is 35.2. The predicted molar refractivity (Wildman–Crippen MR) is 66.0 cm³/mol. The molecule has 0 aromatic heterocycles. The Labute approximate surface area is 107 Å². The molecule has 2 atom stereocenters. The number of rotatable bonds is 2. The van der Waals surface area contributed by atoms with Crippen LogP contribution in [0.15, 0.2) is 0 Å². The van der Waals surface area contributed by atoms with Gasteiger partial charge in [0.2, 0.25) is 0 Å². The maximum Gasteiger partial charge on any atom is 0.313 e. The zero-order valence-electron chi connectivity index (χ0n) is 11.2. The fourth-order valence-electron chi connectivity index (χ4n) is 2.02. The van der Waals surface area contributed by atoms with Gasteiger partial charge in [-0.3, -0.25) is 14.4 Å². The van der Waals surface area contributed by atoms with Crippen LogP contribution in [0.5, 0.6) is 0 Å². The van der Waals surface area contributed by atoms with Crippen LogP contribution in [0.25, 0.3) is 0 Å². The van der Waals surface area contributed by atoms with Crippen molar-refractivity contribution in [2.45, 2.75) is 52.2 Å². The molecule has 1 N–H and O–H groups in total. The van der Waals surface area contributed by atoms with Gasteiger partial charge in [-0.25, -0.2) is 0 Å². The number of hydrogen-bond acceptors (Lipinski definition) is 5. The Kier molecular flexibility index (Phi) is 5.47. The maximum absolute atomic E-state index is 11.9. The van der Waals surface area contributed by atoms with E-state index in [4.69, 9.17) is 4.74 Å². The molecule has 1 saturated heterocycles. The van der Waals surface area contributed by atoms with Gasteiger partial charge in [0.05, 0.1) is 12.6 Å². The summed E-state index contributed by atoms with van der Waals surface area (Å²) in [7, 11) is 0. The molecule has 0 radical (unpaired) electrons. The Morgan fingerprint density at radius 2 is 2.00 bits per heavy atom. The molecule has 1 aliphatic rings. The van der Waals surface area contributed by atoms with E-state index in [2.05, 4.69) is 5.32 Å². The second-order valence-electron chi connectivity index (χ2n) is 5.01. The number of Topliss-reactive ketones (excluding diaryl/α,β-unsaturated/α-hetero) is 2. The molecule has 0 saturated carbocycles. The fraction of sp³-hybridized carbons (Fsp3) is 0.769. The van der Waals surface area contributed by atoms with E-state index in [9.17, 15) is 14.4 Å². The first-order valence-electron chi connectivity index (χ1n) is 6.41. The molecule has 0 unspecified atom stereocenters. The molecule has 102 valence electrons. The highest BCUT2D eigenvalue weighted by Gasteiger charge is 2.28. The lowest BCUT2D eigenvalue weighted by Gasteiger charge is -2.24. The van der Waals surface area contributed by atoms with Gasteiger partial charge in [-0.05, 0) is 12.3 Å². The Bertz CT molecular complexity index is 338. The second kappa shape index (κ2) is 6.64. The van der Waals surface area contributed by atoms with Gasteiger partial charge in [-0.1, -0.05) is 20.8 Å². The van der Waals surface area contributed by atoms with E-state index >= 15 is 0 Å². The second-order valence-corrected chi connectivity index (χ2v) is 5.01. The van der Waals surface area contributed by atoms with Crippen molar-refractivity contribution in [3.05, 3.63) is 0 Å². The number of esters is 1. The monoisotopic (exact) mass is 255 g/mol. The SMILES string of the molecule is CC[C@@H]1CC(=O)CN[C@@H](C(C)C)C(=O)CC(=O)O1. The van der Waals surface area contributed by atoms with Crippen LogP contribution in [0.4, 0.5) is 0 Å². The molecule has 5 heteroatoms. The third-order valence-corrected chi connectivity index (χ3v) is 3.06. The van der Waals surface area contributed by atoms with E-state index in [0.717, 1.165) is 0 Å².